The van der Waals surface area contributed by atoms with Gasteiger partial charge < -0.3 is 10.1 Å². The molecule has 1 N–H and O–H groups in total. The lowest BCUT2D eigenvalue weighted by Crippen LogP contribution is -2.23. The number of fused-ring (bicyclic) bond motifs is 1. The zero-order chi connectivity index (χ0) is 21.1. The Kier molecular flexibility index (Phi) is 5.43. The van der Waals surface area contributed by atoms with Gasteiger partial charge in [-0.15, -0.1) is 0 Å². The van der Waals surface area contributed by atoms with Crippen LogP contribution < -0.4 is 10.1 Å². The SMILES string of the molecule is CCNC(=O)c1ccc(-c2c(C)nc3c(OCc4cccc(F)c4)cccn23)cn1. The highest BCUT2D eigenvalue weighted by Crippen LogP contribution is 2.29. The highest BCUT2D eigenvalue weighted by molar-refractivity contribution is 5.92. The largest absolute Gasteiger partial charge is 0.485 e. The zero-order valence-corrected chi connectivity index (χ0v) is 16.7. The molecule has 1 aromatic carbocycles. The van der Waals surface area contributed by atoms with E-state index in [2.05, 4.69) is 15.3 Å². The number of nitrogens with one attached hydrogen (secondary N) is 1. The Hall–Kier alpha value is -3.74. The lowest BCUT2D eigenvalue weighted by molar-refractivity contribution is 0.0951. The van der Waals surface area contributed by atoms with Crippen LogP contribution in [0.4, 0.5) is 4.39 Å². The Morgan fingerprint density at radius 1 is 1.20 bits per heavy atom. The van der Waals surface area contributed by atoms with E-state index in [1.165, 1.54) is 12.1 Å². The van der Waals surface area contributed by atoms with Crippen molar-refractivity contribution in [2.75, 3.05) is 6.54 Å². The number of pyridine rings is 2. The normalized spacial score (nSPS) is 10.9. The summed E-state index contributed by atoms with van der Waals surface area (Å²) in [5.41, 5.74) is 4.29. The maximum Gasteiger partial charge on any atom is 0.269 e. The van der Waals surface area contributed by atoms with Gasteiger partial charge in [-0.3, -0.25) is 14.2 Å². The molecule has 6 nitrogen and oxygen atoms in total. The van der Waals surface area contributed by atoms with E-state index in [9.17, 15) is 9.18 Å². The zero-order valence-electron chi connectivity index (χ0n) is 16.7. The highest BCUT2D eigenvalue weighted by Gasteiger charge is 2.15. The number of ether oxygens (including phenoxy) is 1. The van der Waals surface area contributed by atoms with Gasteiger partial charge in [0.25, 0.3) is 5.91 Å². The summed E-state index contributed by atoms with van der Waals surface area (Å²) in [5, 5.41) is 2.74. The van der Waals surface area contributed by atoms with Crippen molar-refractivity contribution in [3.05, 3.63) is 83.7 Å². The van der Waals surface area contributed by atoms with E-state index >= 15 is 0 Å². The average Bonchev–Trinajstić information content (AvgIpc) is 3.09. The molecule has 7 heteroatoms. The second-order valence-electron chi connectivity index (χ2n) is 6.82. The Bertz CT molecular complexity index is 1200. The summed E-state index contributed by atoms with van der Waals surface area (Å²) in [7, 11) is 0. The predicted molar refractivity (Wildman–Crippen MR) is 112 cm³/mol. The number of aryl methyl sites for hydroxylation is 1. The molecule has 0 saturated heterocycles. The number of aromatic nitrogens is 3. The fourth-order valence-electron chi connectivity index (χ4n) is 3.32. The number of hydrogen-bond acceptors (Lipinski definition) is 4. The lowest BCUT2D eigenvalue weighted by Gasteiger charge is -2.09. The van der Waals surface area contributed by atoms with E-state index in [4.69, 9.17) is 4.74 Å². The third kappa shape index (κ3) is 3.87. The lowest BCUT2D eigenvalue weighted by atomic mass is 10.1. The maximum absolute atomic E-state index is 13.4. The van der Waals surface area contributed by atoms with Crippen molar-refractivity contribution in [2.45, 2.75) is 20.5 Å². The molecule has 0 spiro atoms. The monoisotopic (exact) mass is 404 g/mol. The van der Waals surface area contributed by atoms with Gasteiger partial charge in [-0.05, 0) is 55.8 Å². The molecule has 30 heavy (non-hydrogen) atoms. The molecule has 0 bridgehead atoms. The first-order valence-corrected chi connectivity index (χ1v) is 9.66. The summed E-state index contributed by atoms with van der Waals surface area (Å²) in [4.78, 5) is 20.9. The highest BCUT2D eigenvalue weighted by atomic mass is 19.1. The van der Waals surface area contributed by atoms with Gasteiger partial charge in [-0.1, -0.05) is 12.1 Å². The number of benzene rings is 1. The summed E-state index contributed by atoms with van der Waals surface area (Å²) >= 11 is 0. The minimum atomic E-state index is -0.295. The number of carbonyl (C=O) groups is 1. The van der Waals surface area contributed by atoms with Gasteiger partial charge in [0.2, 0.25) is 0 Å². The number of hydrogen-bond donors (Lipinski definition) is 1. The first-order chi connectivity index (χ1) is 14.6. The van der Waals surface area contributed by atoms with Crippen LogP contribution in [0.2, 0.25) is 0 Å². The van der Waals surface area contributed by atoms with Crippen LogP contribution in [0, 0.1) is 12.7 Å². The molecule has 0 saturated carbocycles. The van der Waals surface area contributed by atoms with Crippen molar-refractivity contribution in [2.24, 2.45) is 0 Å². The first kappa shape index (κ1) is 19.6. The van der Waals surface area contributed by atoms with Crippen molar-refractivity contribution < 1.29 is 13.9 Å². The minimum Gasteiger partial charge on any atom is -0.485 e. The van der Waals surface area contributed by atoms with Gasteiger partial charge in [0.05, 0.1) is 11.4 Å². The summed E-state index contributed by atoms with van der Waals surface area (Å²) < 4.78 is 21.3. The van der Waals surface area contributed by atoms with Crippen LogP contribution in [0.15, 0.2) is 60.9 Å². The number of rotatable bonds is 6. The number of amides is 1. The molecule has 0 aliphatic heterocycles. The molecular formula is C23H21FN4O2. The molecule has 0 radical (unpaired) electrons. The van der Waals surface area contributed by atoms with Gasteiger partial charge in [0.1, 0.15) is 18.1 Å². The van der Waals surface area contributed by atoms with Gasteiger partial charge in [-0.2, -0.15) is 0 Å². The molecule has 0 unspecified atom stereocenters. The molecule has 0 atom stereocenters. The van der Waals surface area contributed by atoms with E-state index in [1.807, 2.05) is 48.7 Å². The van der Waals surface area contributed by atoms with Crippen molar-refractivity contribution in [3.63, 3.8) is 0 Å². The van der Waals surface area contributed by atoms with Crippen molar-refractivity contribution in [3.8, 4) is 17.0 Å². The third-order valence-electron chi connectivity index (χ3n) is 4.68. The van der Waals surface area contributed by atoms with Crippen molar-refractivity contribution in [1.29, 1.82) is 0 Å². The second-order valence-corrected chi connectivity index (χ2v) is 6.82. The van der Waals surface area contributed by atoms with Crippen molar-refractivity contribution in [1.82, 2.24) is 19.7 Å². The van der Waals surface area contributed by atoms with Gasteiger partial charge in [0, 0.05) is 24.5 Å². The number of nitrogens with zero attached hydrogens (tertiary/aromatic N) is 3. The molecule has 4 aromatic rings. The van der Waals surface area contributed by atoms with Crippen LogP contribution in [-0.2, 0) is 6.61 Å². The fraction of sp³-hybridized carbons (Fsp3) is 0.174. The first-order valence-electron chi connectivity index (χ1n) is 9.66. The molecule has 0 aliphatic rings. The molecular weight excluding hydrogens is 383 g/mol. The van der Waals surface area contributed by atoms with E-state index in [0.29, 0.717) is 23.6 Å². The molecule has 0 fully saturated rings. The van der Waals surface area contributed by atoms with Crippen LogP contribution in [0.1, 0.15) is 28.7 Å². The fourth-order valence-corrected chi connectivity index (χ4v) is 3.32. The Labute approximate surface area is 173 Å². The summed E-state index contributed by atoms with van der Waals surface area (Å²) in [6, 6.07) is 13.6. The Morgan fingerprint density at radius 2 is 2.07 bits per heavy atom. The summed E-state index contributed by atoms with van der Waals surface area (Å²) in [5.74, 6) is 0.103. The second kappa shape index (κ2) is 8.32. The topological polar surface area (TPSA) is 68.5 Å². The van der Waals surface area contributed by atoms with Gasteiger partial charge >= 0.3 is 0 Å². The van der Waals surface area contributed by atoms with Crippen LogP contribution >= 0.6 is 0 Å². The molecule has 0 aliphatic carbocycles. The standard InChI is InChI=1S/C23H21FN4O2/c1-3-25-23(29)19-10-9-17(13-26-19)21-15(2)27-22-20(8-5-11-28(21)22)30-14-16-6-4-7-18(24)12-16/h4-13H,3,14H2,1-2H3,(H,25,29). The van der Waals surface area contributed by atoms with Gasteiger partial charge in [0.15, 0.2) is 11.4 Å². The molecule has 3 aromatic heterocycles. The minimum absolute atomic E-state index is 0.202. The smallest absolute Gasteiger partial charge is 0.269 e. The molecule has 1 amide bonds. The van der Waals surface area contributed by atoms with Crippen LogP contribution in [-0.4, -0.2) is 26.8 Å². The van der Waals surface area contributed by atoms with Crippen LogP contribution in [0.5, 0.6) is 5.75 Å². The quantitative estimate of drug-likeness (QED) is 0.524. The van der Waals surface area contributed by atoms with Crippen molar-refractivity contribution >= 4 is 11.6 Å². The van der Waals surface area contributed by atoms with E-state index in [0.717, 1.165) is 22.5 Å². The molecule has 3 heterocycles. The van der Waals surface area contributed by atoms with Crippen LogP contribution in [0.3, 0.4) is 0 Å². The average molecular weight is 404 g/mol. The van der Waals surface area contributed by atoms with Crippen LogP contribution in [0.25, 0.3) is 16.9 Å². The predicted octanol–water partition coefficient (Wildman–Crippen LogP) is 4.17. The van der Waals surface area contributed by atoms with E-state index in [1.54, 1.807) is 18.3 Å². The number of halogens is 1. The van der Waals surface area contributed by atoms with E-state index < -0.39 is 0 Å². The van der Waals surface area contributed by atoms with Gasteiger partial charge in [-0.25, -0.2) is 9.37 Å². The summed E-state index contributed by atoms with van der Waals surface area (Å²) in [6.45, 7) is 4.56. The summed E-state index contributed by atoms with van der Waals surface area (Å²) in [6.07, 6.45) is 3.57. The third-order valence-corrected chi connectivity index (χ3v) is 4.68. The Balaban J connectivity index is 1.65. The number of carbonyl (C=O) groups excluding carboxylic acids is 1. The number of imidazole rings is 1. The maximum atomic E-state index is 13.4. The molecule has 4 rings (SSSR count). The Morgan fingerprint density at radius 3 is 2.80 bits per heavy atom. The van der Waals surface area contributed by atoms with E-state index in [-0.39, 0.29) is 18.3 Å². The molecule has 152 valence electrons.